The van der Waals surface area contributed by atoms with Gasteiger partial charge in [-0.15, -0.1) is 0 Å². The molecular formula is C23H28ClFN4OS. The van der Waals surface area contributed by atoms with Crippen molar-refractivity contribution in [2.45, 2.75) is 30.2 Å². The summed E-state index contributed by atoms with van der Waals surface area (Å²) in [6.45, 7) is 4.25. The van der Waals surface area contributed by atoms with Crippen LogP contribution in [0.4, 0.5) is 14.9 Å². The van der Waals surface area contributed by atoms with Gasteiger partial charge in [-0.05, 0) is 86.6 Å². The Morgan fingerprint density at radius 3 is 2.77 bits per heavy atom. The number of rotatable bonds is 6. The van der Waals surface area contributed by atoms with Crippen molar-refractivity contribution in [3.05, 3.63) is 58.9 Å². The monoisotopic (exact) mass is 462 g/mol. The standard InChI is InChI=1S/C23H28ClFN4OS/c1-28-10-3-11-29(13-12-28)31-19-5-2-4-18(15-19)26-23(30)27-22(16-6-7-16)17-8-9-21(25)20(24)14-17/h2,4-5,8-9,14-16,22H,3,6-7,10-13H2,1H3,(H2,26,27,30). The summed E-state index contributed by atoms with van der Waals surface area (Å²) in [5.41, 5.74) is 1.58. The lowest BCUT2D eigenvalue weighted by Crippen LogP contribution is -2.33. The summed E-state index contributed by atoms with van der Waals surface area (Å²) in [5, 5.41) is 6.08. The van der Waals surface area contributed by atoms with E-state index in [2.05, 4.69) is 33.0 Å². The molecule has 1 saturated carbocycles. The van der Waals surface area contributed by atoms with Crippen LogP contribution in [0.15, 0.2) is 47.4 Å². The second-order valence-corrected chi connectivity index (χ2v) is 9.87. The van der Waals surface area contributed by atoms with Crippen molar-refractivity contribution < 1.29 is 9.18 Å². The molecule has 8 heteroatoms. The first-order valence-electron chi connectivity index (χ1n) is 10.7. The van der Waals surface area contributed by atoms with Crippen LogP contribution in [-0.4, -0.2) is 48.5 Å². The minimum Gasteiger partial charge on any atom is -0.331 e. The Hall–Kier alpha value is -1.80. The molecule has 2 amide bonds. The lowest BCUT2D eigenvalue weighted by molar-refractivity contribution is 0.247. The molecule has 2 fully saturated rings. The summed E-state index contributed by atoms with van der Waals surface area (Å²) in [7, 11) is 2.16. The molecule has 0 radical (unpaired) electrons. The molecular weight excluding hydrogens is 435 g/mol. The minimum atomic E-state index is -0.449. The molecule has 2 N–H and O–H groups in total. The number of likely N-dealkylation sites (N-methyl/N-ethyl adjacent to an activating group) is 1. The summed E-state index contributed by atoms with van der Waals surface area (Å²) < 4.78 is 15.9. The van der Waals surface area contributed by atoms with Crippen molar-refractivity contribution in [3.63, 3.8) is 0 Å². The molecule has 0 spiro atoms. The Kier molecular flexibility index (Phi) is 7.38. The number of halogens is 2. The molecule has 0 aromatic heterocycles. The molecule has 1 unspecified atom stereocenters. The van der Waals surface area contributed by atoms with E-state index < -0.39 is 5.82 Å². The molecule has 4 rings (SSSR count). The van der Waals surface area contributed by atoms with E-state index >= 15 is 0 Å². The van der Waals surface area contributed by atoms with Gasteiger partial charge in [-0.25, -0.2) is 13.5 Å². The van der Waals surface area contributed by atoms with Gasteiger partial charge in [0, 0.05) is 30.2 Å². The third kappa shape index (κ3) is 6.35. The second kappa shape index (κ2) is 10.2. The number of benzene rings is 2. The van der Waals surface area contributed by atoms with Crippen molar-refractivity contribution >= 4 is 35.3 Å². The molecule has 2 aliphatic rings. The Morgan fingerprint density at radius 1 is 1.16 bits per heavy atom. The first-order chi connectivity index (χ1) is 15.0. The van der Waals surface area contributed by atoms with Crippen LogP contribution < -0.4 is 10.6 Å². The minimum absolute atomic E-state index is 0.0785. The highest BCUT2D eigenvalue weighted by atomic mass is 35.5. The van der Waals surface area contributed by atoms with Crippen molar-refractivity contribution in [1.82, 2.24) is 14.5 Å². The highest BCUT2D eigenvalue weighted by Gasteiger charge is 2.33. The van der Waals surface area contributed by atoms with Crippen molar-refractivity contribution in [3.8, 4) is 0 Å². The number of nitrogens with one attached hydrogen (secondary N) is 2. The average molecular weight is 463 g/mol. The van der Waals surface area contributed by atoms with Crippen LogP contribution in [0.2, 0.25) is 5.02 Å². The van der Waals surface area contributed by atoms with Gasteiger partial charge < -0.3 is 15.5 Å². The van der Waals surface area contributed by atoms with Crippen LogP contribution in [0, 0.1) is 11.7 Å². The van der Waals surface area contributed by atoms with E-state index in [0.29, 0.717) is 5.92 Å². The van der Waals surface area contributed by atoms with Gasteiger partial charge in [-0.2, -0.15) is 0 Å². The molecule has 31 heavy (non-hydrogen) atoms. The lowest BCUT2D eigenvalue weighted by Gasteiger charge is -2.20. The predicted molar refractivity (Wildman–Crippen MR) is 125 cm³/mol. The van der Waals surface area contributed by atoms with E-state index in [9.17, 15) is 9.18 Å². The maximum Gasteiger partial charge on any atom is 0.319 e. The fraction of sp³-hybridized carbons (Fsp3) is 0.435. The SMILES string of the molecule is CN1CCCN(Sc2cccc(NC(=O)NC(c3ccc(F)c(Cl)c3)C3CC3)c2)CC1. The van der Waals surface area contributed by atoms with Gasteiger partial charge in [0.1, 0.15) is 5.82 Å². The lowest BCUT2D eigenvalue weighted by atomic mass is 10.0. The maximum atomic E-state index is 13.5. The number of nitrogens with zero attached hydrogens (tertiary/aromatic N) is 2. The second-order valence-electron chi connectivity index (χ2n) is 8.29. The first-order valence-corrected chi connectivity index (χ1v) is 11.9. The predicted octanol–water partition coefficient (Wildman–Crippen LogP) is 5.40. The van der Waals surface area contributed by atoms with E-state index in [1.165, 1.54) is 6.07 Å². The van der Waals surface area contributed by atoms with E-state index in [1.807, 2.05) is 18.2 Å². The zero-order chi connectivity index (χ0) is 21.8. The third-order valence-corrected chi connectivity index (χ3v) is 7.07. The van der Waals surface area contributed by atoms with Crippen LogP contribution in [0.25, 0.3) is 0 Å². The van der Waals surface area contributed by atoms with Crippen molar-refractivity contribution in [1.29, 1.82) is 0 Å². The van der Waals surface area contributed by atoms with Crippen LogP contribution in [-0.2, 0) is 0 Å². The van der Waals surface area contributed by atoms with Gasteiger partial charge in [-0.1, -0.05) is 23.7 Å². The Labute approximate surface area is 192 Å². The molecule has 166 valence electrons. The quantitative estimate of drug-likeness (QED) is 0.564. The summed E-state index contributed by atoms with van der Waals surface area (Å²) in [6.07, 6.45) is 3.23. The van der Waals surface area contributed by atoms with Crippen LogP contribution in [0.3, 0.4) is 0 Å². The summed E-state index contributed by atoms with van der Waals surface area (Å²) >= 11 is 7.69. The van der Waals surface area contributed by atoms with E-state index in [4.69, 9.17) is 11.6 Å². The molecule has 1 saturated heterocycles. The van der Waals surface area contributed by atoms with E-state index in [-0.39, 0.29) is 17.1 Å². The van der Waals surface area contributed by atoms with Crippen LogP contribution >= 0.6 is 23.5 Å². The van der Waals surface area contributed by atoms with Gasteiger partial charge in [0.2, 0.25) is 0 Å². The molecule has 1 heterocycles. The number of hydrogen-bond acceptors (Lipinski definition) is 4. The Balaban J connectivity index is 1.37. The first kappa shape index (κ1) is 22.4. The summed E-state index contributed by atoms with van der Waals surface area (Å²) in [4.78, 5) is 16.2. The molecule has 1 aliphatic heterocycles. The third-order valence-electron chi connectivity index (χ3n) is 5.69. The van der Waals surface area contributed by atoms with Gasteiger partial charge in [0.25, 0.3) is 0 Å². The summed E-state index contributed by atoms with van der Waals surface area (Å²) in [6, 6.07) is 12.1. The number of hydrogen-bond donors (Lipinski definition) is 2. The van der Waals surface area contributed by atoms with Gasteiger partial charge in [-0.3, -0.25) is 0 Å². The molecule has 0 bridgehead atoms. The Bertz CT molecular complexity index is 926. The number of anilines is 1. The highest BCUT2D eigenvalue weighted by Crippen LogP contribution is 2.41. The molecule has 1 atom stereocenters. The topological polar surface area (TPSA) is 47.6 Å². The average Bonchev–Trinajstić information content (AvgIpc) is 3.58. The smallest absolute Gasteiger partial charge is 0.319 e. The van der Waals surface area contributed by atoms with Gasteiger partial charge in [0.15, 0.2) is 0 Å². The van der Waals surface area contributed by atoms with Crippen LogP contribution in [0.1, 0.15) is 30.9 Å². The number of urea groups is 1. The van der Waals surface area contributed by atoms with E-state index in [1.54, 1.807) is 24.1 Å². The number of amides is 2. The van der Waals surface area contributed by atoms with Crippen LogP contribution in [0.5, 0.6) is 0 Å². The van der Waals surface area contributed by atoms with Crippen molar-refractivity contribution in [2.24, 2.45) is 5.92 Å². The highest BCUT2D eigenvalue weighted by molar-refractivity contribution is 7.97. The molecule has 5 nitrogen and oxygen atoms in total. The molecule has 2 aromatic carbocycles. The van der Waals surface area contributed by atoms with E-state index in [0.717, 1.165) is 61.6 Å². The zero-order valence-corrected chi connectivity index (χ0v) is 19.2. The fourth-order valence-electron chi connectivity index (χ4n) is 3.81. The fourth-order valence-corrected chi connectivity index (χ4v) is 5.01. The normalized spacial score (nSPS) is 18.9. The van der Waals surface area contributed by atoms with Gasteiger partial charge >= 0.3 is 6.03 Å². The number of carbonyl (C=O) groups is 1. The maximum absolute atomic E-state index is 13.5. The molecule has 2 aromatic rings. The summed E-state index contributed by atoms with van der Waals surface area (Å²) in [5.74, 6) is -0.0925. The number of carbonyl (C=O) groups excluding carboxylic acids is 1. The van der Waals surface area contributed by atoms with Gasteiger partial charge in [0.05, 0.1) is 11.1 Å². The Morgan fingerprint density at radius 2 is 2.00 bits per heavy atom. The van der Waals surface area contributed by atoms with Crippen molar-refractivity contribution in [2.75, 3.05) is 38.5 Å². The molecule has 1 aliphatic carbocycles. The zero-order valence-electron chi connectivity index (χ0n) is 17.6. The largest absolute Gasteiger partial charge is 0.331 e.